The zero-order valence-corrected chi connectivity index (χ0v) is 14.8. The Morgan fingerprint density at radius 2 is 1.77 bits per heavy atom. The standard InChI is InChI=1S/C10H14O.C10H16O/c1-7(2)9-5-4-8(3)10(11)6-9;1-7(2)9-5-4-8(3)6-10(9)11/h4,9H,1,5-6H2,2-3H3;8H,4-6H2,1-3H3/t;8-/m.1/s1. The van der Waals surface area contributed by atoms with Gasteiger partial charge < -0.3 is 0 Å². The van der Waals surface area contributed by atoms with Crippen LogP contribution in [0.5, 0.6) is 0 Å². The Kier molecular flexibility index (Phi) is 6.99. The van der Waals surface area contributed by atoms with Crippen LogP contribution >= 0.6 is 0 Å². The summed E-state index contributed by atoms with van der Waals surface area (Å²) in [5.41, 5.74) is 4.34. The Balaban J connectivity index is 0.000000220. The number of hydrogen-bond donors (Lipinski definition) is 0. The molecule has 0 heterocycles. The van der Waals surface area contributed by atoms with Gasteiger partial charge in [-0.1, -0.05) is 30.7 Å². The maximum atomic E-state index is 11.4. The normalized spacial score (nSPS) is 25.1. The molecule has 2 aliphatic rings. The second-order valence-electron chi connectivity index (χ2n) is 7.04. The first-order chi connectivity index (χ1) is 10.2. The molecule has 0 saturated heterocycles. The molecule has 0 N–H and O–H groups in total. The molecule has 2 aliphatic carbocycles. The van der Waals surface area contributed by atoms with Gasteiger partial charge in [-0.25, -0.2) is 0 Å². The van der Waals surface area contributed by atoms with Gasteiger partial charge in [-0.15, -0.1) is 0 Å². The van der Waals surface area contributed by atoms with E-state index >= 15 is 0 Å². The van der Waals surface area contributed by atoms with E-state index in [1.807, 2.05) is 33.8 Å². The van der Waals surface area contributed by atoms with E-state index in [0.717, 1.165) is 36.0 Å². The van der Waals surface area contributed by atoms with Gasteiger partial charge in [0, 0.05) is 12.8 Å². The van der Waals surface area contributed by atoms with E-state index in [4.69, 9.17) is 0 Å². The fraction of sp³-hybridized carbons (Fsp3) is 0.600. The van der Waals surface area contributed by atoms with E-state index in [2.05, 4.69) is 13.5 Å². The number of Topliss-reactive ketones (excluding diaryl/α,β-unsaturated/α-hetero) is 2. The molecule has 0 radical (unpaired) electrons. The summed E-state index contributed by atoms with van der Waals surface area (Å²) in [6.07, 6.45) is 6.63. The van der Waals surface area contributed by atoms with Gasteiger partial charge in [-0.05, 0) is 69.9 Å². The summed E-state index contributed by atoms with van der Waals surface area (Å²) < 4.78 is 0. The summed E-state index contributed by atoms with van der Waals surface area (Å²) in [6.45, 7) is 13.9. The predicted molar refractivity (Wildman–Crippen MR) is 92.7 cm³/mol. The Morgan fingerprint density at radius 1 is 1.14 bits per heavy atom. The molecule has 2 heteroatoms. The number of carbonyl (C=O) groups excluding carboxylic acids is 2. The van der Waals surface area contributed by atoms with Gasteiger partial charge >= 0.3 is 0 Å². The molecule has 1 fully saturated rings. The van der Waals surface area contributed by atoms with Crippen LogP contribution in [0.4, 0.5) is 0 Å². The van der Waals surface area contributed by atoms with Crippen molar-refractivity contribution in [2.24, 2.45) is 11.8 Å². The topological polar surface area (TPSA) is 34.1 Å². The fourth-order valence-corrected chi connectivity index (χ4v) is 2.88. The first-order valence-corrected chi connectivity index (χ1v) is 8.27. The largest absolute Gasteiger partial charge is 0.295 e. The van der Waals surface area contributed by atoms with Crippen molar-refractivity contribution in [1.82, 2.24) is 0 Å². The van der Waals surface area contributed by atoms with Gasteiger partial charge in [0.25, 0.3) is 0 Å². The van der Waals surface area contributed by atoms with Crippen LogP contribution in [0.25, 0.3) is 0 Å². The van der Waals surface area contributed by atoms with Crippen molar-refractivity contribution in [2.75, 3.05) is 0 Å². The summed E-state index contributed by atoms with van der Waals surface area (Å²) in [5.74, 6) is 1.66. The van der Waals surface area contributed by atoms with E-state index < -0.39 is 0 Å². The third-order valence-corrected chi connectivity index (χ3v) is 4.64. The zero-order chi connectivity index (χ0) is 16.9. The average molecular weight is 302 g/mol. The minimum absolute atomic E-state index is 0.282. The lowest BCUT2D eigenvalue weighted by molar-refractivity contribution is -0.117. The number of rotatable bonds is 1. The van der Waals surface area contributed by atoms with E-state index in [9.17, 15) is 9.59 Å². The summed E-state index contributed by atoms with van der Waals surface area (Å²) >= 11 is 0. The smallest absolute Gasteiger partial charge is 0.159 e. The van der Waals surface area contributed by atoms with E-state index in [0.29, 0.717) is 24.0 Å². The van der Waals surface area contributed by atoms with Crippen molar-refractivity contribution in [2.45, 2.75) is 66.7 Å². The lowest BCUT2D eigenvalue weighted by atomic mass is 9.84. The van der Waals surface area contributed by atoms with Crippen LogP contribution in [0.1, 0.15) is 66.7 Å². The van der Waals surface area contributed by atoms with Gasteiger partial charge in [0.2, 0.25) is 0 Å². The van der Waals surface area contributed by atoms with Crippen LogP contribution < -0.4 is 0 Å². The summed E-state index contributed by atoms with van der Waals surface area (Å²) in [6, 6.07) is 0. The molecule has 0 amide bonds. The van der Waals surface area contributed by atoms with E-state index in [1.54, 1.807) is 0 Å². The molecule has 0 aliphatic heterocycles. The molecule has 0 aromatic heterocycles. The molecule has 1 unspecified atom stereocenters. The van der Waals surface area contributed by atoms with Crippen molar-refractivity contribution in [3.63, 3.8) is 0 Å². The highest BCUT2D eigenvalue weighted by atomic mass is 16.1. The van der Waals surface area contributed by atoms with Crippen LogP contribution in [-0.4, -0.2) is 11.6 Å². The van der Waals surface area contributed by atoms with Crippen LogP contribution in [0.2, 0.25) is 0 Å². The lowest BCUT2D eigenvalue weighted by Crippen LogP contribution is -2.16. The second kappa shape index (κ2) is 8.26. The summed E-state index contributed by atoms with van der Waals surface area (Å²) in [7, 11) is 0. The Labute approximate surface area is 135 Å². The molecule has 2 nitrogen and oxygen atoms in total. The van der Waals surface area contributed by atoms with Gasteiger partial charge in [-0.3, -0.25) is 9.59 Å². The monoisotopic (exact) mass is 302 g/mol. The molecular weight excluding hydrogens is 272 g/mol. The van der Waals surface area contributed by atoms with E-state index in [-0.39, 0.29) is 5.78 Å². The first kappa shape index (κ1) is 18.6. The number of carbonyl (C=O) groups is 2. The minimum atomic E-state index is 0.282. The van der Waals surface area contributed by atoms with Crippen molar-refractivity contribution in [3.05, 3.63) is 34.9 Å². The van der Waals surface area contributed by atoms with Crippen molar-refractivity contribution in [1.29, 1.82) is 0 Å². The number of ketones is 2. The van der Waals surface area contributed by atoms with Gasteiger partial charge in [0.15, 0.2) is 11.6 Å². The quantitative estimate of drug-likeness (QED) is 0.493. The minimum Gasteiger partial charge on any atom is -0.295 e. The third-order valence-electron chi connectivity index (χ3n) is 4.64. The molecule has 2 atom stereocenters. The van der Waals surface area contributed by atoms with Crippen molar-refractivity contribution < 1.29 is 9.59 Å². The van der Waals surface area contributed by atoms with Crippen LogP contribution in [-0.2, 0) is 9.59 Å². The van der Waals surface area contributed by atoms with Crippen LogP contribution in [0, 0.1) is 11.8 Å². The fourth-order valence-electron chi connectivity index (χ4n) is 2.88. The maximum absolute atomic E-state index is 11.4. The number of hydrogen-bond acceptors (Lipinski definition) is 2. The Bertz CT molecular complexity index is 516. The second-order valence-corrected chi connectivity index (χ2v) is 7.04. The molecule has 2 rings (SSSR count). The van der Waals surface area contributed by atoms with Gasteiger partial charge in [0.1, 0.15) is 0 Å². The predicted octanol–water partition coefficient (Wildman–Crippen LogP) is 5.20. The Morgan fingerprint density at radius 3 is 2.23 bits per heavy atom. The summed E-state index contributed by atoms with van der Waals surface area (Å²) in [4.78, 5) is 22.6. The van der Waals surface area contributed by atoms with Crippen LogP contribution in [0.3, 0.4) is 0 Å². The molecular formula is C20H30O2. The van der Waals surface area contributed by atoms with Gasteiger partial charge in [-0.2, -0.15) is 0 Å². The zero-order valence-electron chi connectivity index (χ0n) is 14.8. The van der Waals surface area contributed by atoms with Crippen molar-refractivity contribution in [3.8, 4) is 0 Å². The molecule has 0 spiro atoms. The highest BCUT2D eigenvalue weighted by Gasteiger charge is 2.21. The highest BCUT2D eigenvalue weighted by Crippen LogP contribution is 2.27. The molecule has 22 heavy (non-hydrogen) atoms. The molecule has 122 valence electrons. The highest BCUT2D eigenvalue weighted by molar-refractivity contribution is 5.96. The third kappa shape index (κ3) is 5.40. The number of allylic oxidation sites excluding steroid dienone is 5. The van der Waals surface area contributed by atoms with Crippen LogP contribution in [0.15, 0.2) is 34.9 Å². The molecule has 0 aromatic rings. The molecule has 1 saturated carbocycles. The average Bonchev–Trinajstić information content (AvgIpc) is 2.41. The lowest BCUT2D eigenvalue weighted by Gasteiger charge is -2.19. The van der Waals surface area contributed by atoms with Gasteiger partial charge in [0.05, 0.1) is 0 Å². The van der Waals surface area contributed by atoms with Crippen molar-refractivity contribution >= 4 is 11.6 Å². The Hall–Kier alpha value is -1.44. The van der Waals surface area contributed by atoms with E-state index in [1.165, 1.54) is 12.0 Å². The summed E-state index contributed by atoms with van der Waals surface area (Å²) in [5, 5.41) is 0. The SMILES string of the molecule is C=C(C)C1CC=C(C)C(=O)C1.CC(C)=C1CC[C@@H](C)CC1=O. The molecule has 0 aromatic carbocycles. The first-order valence-electron chi connectivity index (χ1n) is 8.27. The maximum Gasteiger partial charge on any atom is 0.159 e. The molecule has 0 bridgehead atoms.